The summed E-state index contributed by atoms with van der Waals surface area (Å²) in [7, 11) is 0. The van der Waals surface area contributed by atoms with E-state index in [4.69, 9.17) is 4.84 Å². The number of carbonyl (C=O) groups is 1. The zero-order valence-electron chi connectivity index (χ0n) is 6.36. The molecule has 0 unspecified atom stereocenters. The van der Waals surface area contributed by atoms with Gasteiger partial charge in [0, 0.05) is 0 Å². The lowest BCUT2D eigenvalue weighted by molar-refractivity contribution is 0.166. The van der Waals surface area contributed by atoms with E-state index in [1.807, 2.05) is 30.3 Å². The van der Waals surface area contributed by atoms with E-state index in [1.165, 1.54) is 5.06 Å². The Kier molecular flexibility index (Phi) is 1.59. The highest BCUT2D eigenvalue weighted by Crippen LogP contribution is 2.14. The fraction of sp³-hybridized carbons (Fsp3) is 0.125. The van der Waals surface area contributed by atoms with E-state index in [-0.39, 0.29) is 0 Å². The molecule has 1 aromatic carbocycles. The molecule has 0 aromatic heterocycles. The van der Waals surface area contributed by atoms with Gasteiger partial charge in [-0.2, -0.15) is 5.06 Å². The number of amides is 1. The molecular weight excluding hydrogens is 156 g/mol. The molecule has 4 nitrogen and oxygen atoms in total. The third-order valence-corrected chi connectivity index (χ3v) is 1.60. The van der Waals surface area contributed by atoms with E-state index in [0.29, 0.717) is 6.67 Å². The first-order chi connectivity index (χ1) is 5.86. The SMILES string of the molecule is O=C1NCN(c2ccccc2)O1. The summed E-state index contributed by atoms with van der Waals surface area (Å²) in [6.45, 7) is 0.406. The predicted molar refractivity (Wildman–Crippen MR) is 43.4 cm³/mol. The van der Waals surface area contributed by atoms with Crippen LogP contribution < -0.4 is 10.4 Å². The number of carbonyl (C=O) groups excluding carboxylic acids is 1. The molecule has 0 aliphatic carbocycles. The average molecular weight is 164 g/mol. The lowest BCUT2D eigenvalue weighted by Gasteiger charge is -2.12. The van der Waals surface area contributed by atoms with Crippen LogP contribution in [0.3, 0.4) is 0 Å². The summed E-state index contributed by atoms with van der Waals surface area (Å²) in [4.78, 5) is 15.5. The van der Waals surface area contributed by atoms with Gasteiger partial charge in [0.1, 0.15) is 6.67 Å². The molecule has 1 amide bonds. The number of hydroxylamine groups is 1. The Balaban J connectivity index is 2.16. The van der Waals surface area contributed by atoms with Gasteiger partial charge in [-0.1, -0.05) is 18.2 Å². The minimum Gasteiger partial charge on any atom is -0.320 e. The zero-order chi connectivity index (χ0) is 8.39. The molecule has 1 saturated heterocycles. The van der Waals surface area contributed by atoms with Crippen LogP contribution in [0.1, 0.15) is 0 Å². The Morgan fingerprint density at radius 2 is 2.08 bits per heavy atom. The first kappa shape index (κ1) is 6.97. The van der Waals surface area contributed by atoms with Crippen molar-refractivity contribution in [1.29, 1.82) is 0 Å². The largest absolute Gasteiger partial charge is 0.433 e. The highest BCUT2D eigenvalue weighted by molar-refractivity contribution is 5.71. The number of anilines is 1. The first-order valence-corrected chi connectivity index (χ1v) is 3.64. The van der Waals surface area contributed by atoms with E-state index in [2.05, 4.69) is 5.32 Å². The van der Waals surface area contributed by atoms with E-state index in [0.717, 1.165) is 5.69 Å². The molecule has 1 heterocycles. The number of nitrogens with one attached hydrogen (secondary N) is 1. The van der Waals surface area contributed by atoms with Gasteiger partial charge in [-0.05, 0) is 12.1 Å². The van der Waals surface area contributed by atoms with Gasteiger partial charge in [0.05, 0.1) is 5.69 Å². The van der Waals surface area contributed by atoms with Crippen LogP contribution in [0.25, 0.3) is 0 Å². The molecule has 0 spiro atoms. The van der Waals surface area contributed by atoms with Crippen molar-refractivity contribution in [2.24, 2.45) is 0 Å². The van der Waals surface area contributed by atoms with Gasteiger partial charge in [0.15, 0.2) is 0 Å². The van der Waals surface area contributed by atoms with Crippen molar-refractivity contribution in [1.82, 2.24) is 5.32 Å². The minimum atomic E-state index is -0.404. The maximum Gasteiger partial charge on any atom is 0.433 e. The van der Waals surface area contributed by atoms with Crippen LogP contribution in [-0.2, 0) is 4.84 Å². The minimum absolute atomic E-state index is 0.404. The van der Waals surface area contributed by atoms with E-state index < -0.39 is 6.09 Å². The Morgan fingerprint density at radius 1 is 1.33 bits per heavy atom. The van der Waals surface area contributed by atoms with Gasteiger partial charge in [-0.15, -0.1) is 0 Å². The second kappa shape index (κ2) is 2.73. The van der Waals surface area contributed by atoms with Gasteiger partial charge >= 0.3 is 6.09 Å². The van der Waals surface area contributed by atoms with Crippen LogP contribution in [0.5, 0.6) is 0 Å². The quantitative estimate of drug-likeness (QED) is 0.675. The van der Waals surface area contributed by atoms with Crippen LogP contribution >= 0.6 is 0 Å². The summed E-state index contributed by atoms with van der Waals surface area (Å²) in [5.41, 5.74) is 0.871. The van der Waals surface area contributed by atoms with Crippen molar-refractivity contribution in [3.05, 3.63) is 30.3 Å². The standard InChI is InChI=1S/C8H8N2O2/c11-8-9-6-10(12-8)7-4-2-1-3-5-7/h1-5H,6H2,(H,9,11). The summed E-state index contributed by atoms with van der Waals surface area (Å²) >= 11 is 0. The molecular formula is C8H8N2O2. The van der Waals surface area contributed by atoms with Crippen molar-refractivity contribution in [3.8, 4) is 0 Å². The maximum atomic E-state index is 10.7. The number of rotatable bonds is 1. The second-order valence-corrected chi connectivity index (χ2v) is 2.43. The number of hydrogen-bond donors (Lipinski definition) is 1. The lowest BCUT2D eigenvalue weighted by Crippen LogP contribution is -2.19. The van der Waals surface area contributed by atoms with Gasteiger partial charge in [0.2, 0.25) is 0 Å². The normalized spacial score (nSPS) is 15.7. The van der Waals surface area contributed by atoms with Gasteiger partial charge in [-0.3, -0.25) is 5.32 Å². The molecule has 12 heavy (non-hydrogen) atoms. The number of hydrogen-bond acceptors (Lipinski definition) is 3. The summed E-state index contributed by atoms with van der Waals surface area (Å²) in [6, 6.07) is 9.44. The highest BCUT2D eigenvalue weighted by Gasteiger charge is 2.19. The third-order valence-electron chi connectivity index (χ3n) is 1.60. The number of benzene rings is 1. The Bertz CT molecular complexity index is 286. The molecule has 62 valence electrons. The van der Waals surface area contributed by atoms with Crippen molar-refractivity contribution >= 4 is 11.8 Å². The molecule has 1 aliphatic heterocycles. The molecule has 1 N–H and O–H groups in total. The fourth-order valence-corrected chi connectivity index (χ4v) is 1.04. The predicted octanol–water partition coefficient (Wildman–Crippen LogP) is 1.11. The van der Waals surface area contributed by atoms with E-state index >= 15 is 0 Å². The van der Waals surface area contributed by atoms with Crippen LogP contribution in [0.15, 0.2) is 30.3 Å². The zero-order valence-corrected chi connectivity index (χ0v) is 6.36. The maximum absolute atomic E-state index is 10.7. The number of para-hydroxylation sites is 1. The van der Waals surface area contributed by atoms with Crippen molar-refractivity contribution in [2.75, 3.05) is 11.7 Å². The first-order valence-electron chi connectivity index (χ1n) is 3.64. The molecule has 0 atom stereocenters. The molecule has 2 rings (SSSR count). The van der Waals surface area contributed by atoms with Crippen LogP contribution in [0.2, 0.25) is 0 Å². The van der Waals surface area contributed by atoms with Gasteiger partial charge < -0.3 is 4.84 Å². The Labute approximate surface area is 69.7 Å². The molecule has 0 saturated carbocycles. The monoisotopic (exact) mass is 164 g/mol. The summed E-state index contributed by atoms with van der Waals surface area (Å²) in [5, 5.41) is 4.04. The van der Waals surface area contributed by atoms with Crippen molar-refractivity contribution < 1.29 is 9.63 Å². The van der Waals surface area contributed by atoms with Crippen LogP contribution in [0.4, 0.5) is 10.5 Å². The summed E-state index contributed by atoms with van der Waals surface area (Å²) in [6.07, 6.45) is -0.404. The van der Waals surface area contributed by atoms with Crippen molar-refractivity contribution in [2.45, 2.75) is 0 Å². The fourth-order valence-electron chi connectivity index (χ4n) is 1.04. The molecule has 0 radical (unpaired) electrons. The summed E-state index contributed by atoms with van der Waals surface area (Å²) in [5.74, 6) is 0. The van der Waals surface area contributed by atoms with E-state index in [9.17, 15) is 4.79 Å². The highest BCUT2D eigenvalue weighted by atomic mass is 16.7. The molecule has 0 bridgehead atoms. The van der Waals surface area contributed by atoms with Crippen molar-refractivity contribution in [3.63, 3.8) is 0 Å². The summed E-state index contributed by atoms with van der Waals surface area (Å²) < 4.78 is 0. The smallest absolute Gasteiger partial charge is 0.320 e. The Morgan fingerprint density at radius 3 is 2.67 bits per heavy atom. The second-order valence-electron chi connectivity index (χ2n) is 2.43. The average Bonchev–Trinajstić information content (AvgIpc) is 2.54. The van der Waals surface area contributed by atoms with Gasteiger partial charge in [-0.25, -0.2) is 4.79 Å². The molecule has 1 aromatic rings. The lowest BCUT2D eigenvalue weighted by atomic mass is 10.3. The molecule has 1 fully saturated rings. The van der Waals surface area contributed by atoms with E-state index in [1.54, 1.807) is 0 Å². The van der Waals surface area contributed by atoms with Gasteiger partial charge in [0.25, 0.3) is 0 Å². The topological polar surface area (TPSA) is 41.6 Å². The van der Waals surface area contributed by atoms with Crippen LogP contribution in [0, 0.1) is 0 Å². The van der Waals surface area contributed by atoms with Crippen LogP contribution in [-0.4, -0.2) is 12.8 Å². The number of nitrogens with zero attached hydrogens (tertiary/aromatic N) is 1. The molecule has 4 heteroatoms. The Hall–Kier alpha value is -1.71. The third kappa shape index (κ3) is 1.18. The molecule has 1 aliphatic rings.